The number of anilines is 2. The number of benzene rings is 2. The fourth-order valence-corrected chi connectivity index (χ4v) is 2.81. The zero-order chi connectivity index (χ0) is 18.2. The van der Waals surface area contributed by atoms with Gasteiger partial charge in [-0.3, -0.25) is 0 Å². The van der Waals surface area contributed by atoms with Gasteiger partial charge < -0.3 is 15.0 Å². The lowest BCUT2D eigenvalue weighted by Crippen LogP contribution is -2.23. The van der Waals surface area contributed by atoms with Crippen LogP contribution in [0, 0.1) is 0 Å². The average Bonchev–Trinajstić information content (AvgIpc) is 2.71. The van der Waals surface area contributed by atoms with Gasteiger partial charge in [0.1, 0.15) is 23.7 Å². The van der Waals surface area contributed by atoms with Crippen LogP contribution in [0.1, 0.15) is 18.1 Å². The van der Waals surface area contributed by atoms with E-state index in [0.29, 0.717) is 6.54 Å². The maximum atomic E-state index is 5.40. The van der Waals surface area contributed by atoms with Crippen LogP contribution in [0.15, 0.2) is 67.0 Å². The summed E-state index contributed by atoms with van der Waals surface area (Å²) in [6.07, 6.45) is 1.60. The number of methoxy groups -OCH3 is 1. The van der Waals surface area contributed by atoms with Crippen molar-refractivity contribution in [1.29, 1.82) is 0 Å². The predicted molar refractivity (Wildman–Crippen MR) is 106 cm³/mol. The van der Waals surface area contributed by atoms with Gasteiger partial charge in [-0.15, -0.1) is 0 Å². The van der Waals surface area contributed by atoms with Gasteiger partial charge >= 0.3 is 0 Å². The van der Waals surface area contributed by atoms with E-state index in [2.05, 4.69) is 51.4 Å². The van der Waals surface area contributed by atoms with Crippen LogP contribution in [0.2, 0.25) is 0 Å². The van der Waals surface area contributed by atoms with Crippen LogP contribution in [-0.2, 0) is 13.1 Å². The van der Waals surface area contributed by atoms with Crippen LogP contribution < -0.4 is 15.0 Å². The Kier molecular flexibility index (Phi) is 6.04. The number of nitrogens with one attached hydrogen (secondary N) is 1. The number of para-hydroxylation sites is 1. The Bertz CT molecular complexity index is 823. The fraction of sp³-hybridized carbons (Fsp3) is 0.238. The molecule has 0 aliphatic rings. The molecule has 0 spiro atoms. The maximum Gasteiger partial charge on any atom is 0.134 e. The normalized spacial score (nSPS) is 10.4. The number of aromatic nitrogens is 2. The van der Waals surface area contributed by atoms with E-state index >= 15 is 0 Å². The smallest absolute Gasteiger partial charge is 0.134 e. The first kappa shape index (κ1) is 17.7. The topological polar surface area (TPSA) is 50.3 Å². The van der Waals surface area contributed by atoms with Gasteiger partial charge in [0, 0.05) is 31.3 Å². The first-order chi connectivity index (χ1) is 12.8. The van der Waals surface area contributed by atoms with Crippen molar-refractivity contribution in [3.63, 3.8) is 0 Å². The average molecular weight is 348 g/mol. The molecule has 0 saturated carbocycles. The lowest BCUT2D eigenvalue weighted by molar-refractivity contribution is 0.410. The lowest BCUT2D eigenvalue weighted by atomic mass is 10.2. The van der Waals surface area contributed by atoms with Crippen molar-refractivity contribution < 1.29 is 4.74 Å². The molecule has 0 radical (unpaired) electrons. The lowest BCUT2D eigenvalue weighted by Gasteiger charge is -2.22. The molecule has 3 rings (SSSR count). The predicted octanol–water partition coefficient (Wildman–Crippen LogP) is 4.12. The number of ether oxygens (including phenoxy) is 1. The number of nitrogens with zero attached hydrogens (tertiary/aromatic N) is 3. The van der Waals surface area contributed by atoms with Crippen LogP contribution in [0.25, 0.3) is 0 Å². The minimum atomic E-state index is 0.644. The summed E-state index contributed by atoms with van der Waals surface area (Å²) < 4.78 is 5.40. The summed E-state index contributed by atoms with van der Waals surface area (Å²) in [5.74, 6) is 2.58. The molecule has 5 heteroatoms. The number of hydrogen-bond acceptors (Lipinski definition) is 5. The molecule has 0 saturated heterocycles. The van der Waals surface area contributed by atoms with Gasteiger partial charge in [-0.25, -0.2) is 9.97 Å². The molecule has 0 amide bonds. The monoisotopic (exact) mass is 348 g/mol. The summed E-state index contributed by atoms with van der Waals surface area (Å²) in [5, 5.41) is 3.36. The summed E-state index contributed by atoms with van der Waals surface area (Å²) in [7, 11) is 1.68. The van der Waals surface area contributed by atoms with Crippen LogP contribution >= 0.6 is 0 Å². The Morgan fingerprint density at radius 1 is 1.00 bits per heavy atom. The molecular formula is C21H24N4O. The van der Waals surface area contributed by atoms with Crippen LogP contribution in [-0.4, -0.2) is 23.6 Å². The van der Waals surface area contributed by atoms with Crippen LogP contribution in [0.3, 0.4) is 0 Å². The first-order valence-electron chi connectivity index (χ1n) is 8.77. The van der Waals surface area contributed by atoms with E-state index in [4.69, 9.17) is 4.74 Å². The van der Waals surface area contributed by atoms with E-state index in [1.54, 1.807) is 13.4 Å². The van der Waals surface area contributed by atoms with Crippen molar-refractivity contribution in [3.05, 3.63) is 78.1 Å². The van der Waals surface area contributed by atoms with E-state index in [0.717, 1.165) is 36.0 Å². The van der Waals surface area contributed by atoms with Gasteiger partial charge in [0.05, 0.1) is 7.11 Å². The standard InChI is InChI=1S/C21H24N4O/c1-3-25(15-17-9-5-4-6-10-17)21-13-20(23-16-24-21)22-14-18-11-7-8-12-19(18)26-2/h4-13,16H,3,14-15H2,1-2H3,(H,22,23,24). The third kappa shape index (κ3) is 4.51. The molecule has 0 aliphatic carbocycles. The molecule has 0 unspecified atom stereocenters. The Hall–Kier alpha value is -3.08. The number of rotatable bonds is 8. The van der Waals surface area contributed by atoms with Gasteiger partial charge in [-0.05, 0) is 18.6 Å². The highest BCUT2D eigenvalue weighted by molar-refractivity contribution is 5.49. The molecule has 2 aromatic carbocycles. The molecule has 5 nitrogen and oxygen atoms in total. The van der Waals surface area contributed by atoms with Crippen molar-refractivity contribution in [2.45, 2.75) is 20.0 Å². The molecule has 3 aromatic rings. The van der Waals surface area contributed by atoms with E-state index in [9.17, 15) is 0 Å². The summed E-state index contributed by atoms with van der Waals surface area (Å²) in [5.41, 5.74) is 2.35. The van der Waals surface area contributed by atoms with E-state index in [1.807, 2.05) is 36.4 Å². The van der Waals surface area contributed by atoms with Crippen molar-refractivity contribution in [2.24, 2.45) is 0 Å². The van der Waals surface area contributed by atoms with Gasteiger partial charge in [0.15, 0.2) is 0 Å². The first-order valence-corrected chi connectivity index (χ1v) is 8.77. The Balaban J connectivity index is 1.70. The van der Waals surface area contributed by atoms with E-state index in [1.165, 1.54) is 5.56 Å². The van der Waals surface area contributed by atoms with Crippen LogP contribution in [0.5, 0.6) is 5.75 Å². The van der Waals surface area contributed by atoms with Gasteiger partial charge in [0.25, 0.3) is 0 Å². The summed E-state index contributed by atoms with van der Waals surface area (Å²) in [6.45, 7) is 4.47. The van der Waals surface area contributed by atoms with Crippen molar-refractivity contribution >= 4 is 11.6 Å². The fourth-order valence-electron chi connectivity index (χ4n) is 2.81. The number of hydrogen-bond donors (Lipinski definition) is 1. The highest BCUT2D eigenvalue weighted by Crippen LogP contribution is 2.20. The van der Waals surface area contributed by atoms with Crippen LogP contribution in [0.4, 0.5) is 11.6 Å². The molecular weight excluding hydrogens is 324 g/mol. The molecule has 0 bridgehead atoms. The summed E-state index contributed by atoms with van der Waals surface area (Å²) >= 11 is 0. The Morgan fingerprint density at radius 3 is 2.54 bits per heavy atom. The molecule has 1 aromatic heterocycles. The Labute approximate surface area is 154 Å². The minimum Gasteiger partial charge on any atom is -0.496 e. The molecule has 1 heterocycles. The van der Waals surface area contributed by atoms with Gasteiger partial charge in [-0.2, -0.15) is 0 Å². The molecule has 0 fully saturated rings. The second kappa shape index (κ2) is 8.85. The second-order valence-electron chi connectivity index (χ2n) is 5.93. The molecule has 1 N–H and O–H groups in total. The molecule has 0 atom stereocenters. The summed E-state index contributed by atoms with van der Waals surface area (Å²) in [6, 6.07) is 20.4. The van der Waals surface area contributed by atoms with Crippen molar-refractivity contribution in [3.8, 4) is 5.75 Å². The van der Waals surface area contributed by atoms with Gasteiger partial charge in [-0.1, -0.05) is 48.5 Å². The maximum absolute atomic E-state index is 5.40. The minimum absolute atomic E-state index is 0.644. The molecule has 0 aliphatic heterocycles. The third-order valence-electron chi connectivity index (χ3n) is 4.23. The highest BCUT2D eigenvalue weighted by Gasteiger charge is 2.09. The zero-order valence-corrected chi connectivity index (χ0v) is 15.2. The Morgan fingerprint density at radius 2 is 1.77 bits per heavy atom. The second-order valence-corrected chi connectivity index (χ2v) is 5.93. The van der Waals surface area contributed by atoms with Gasteiger partial charge in [0.2, 0.25) is 0 Å². The van der Waals surface area contributed by atoms with E-state index < -0.39 is 0 Å². The van der Waals surface area contributed by atoms with Crippen molar-refractivity contribution in [1.82, 2.24) is 9.97 Å². The summed E-state index contributed by atoms with van der Waals surface area (Å²) in [4.78, 5) is 11.0. The van der Waals surface area contributed by atoms with Crippen molar-refractivity contribution in [2.75, 3.05) is 23.9 Å². The molecule has 134 valence electrons. The zero-order valence-electron chi connectivity index (χ0n) is 15.2. The highest BCUT2D eigenvalue weighted by atomic mass is 16.5. The third-order valence-corrected chi connectivity index (χ3v) is 4.23. The quantitative estimate of drug-likeness (QED) is 0.663. The molecule has 26 heavy (non-hydrogen) atoms. The SMILES string of the molecule is CCN(Cc1ccccc1)c1cc(NCc2ccccc2OC)ncn1. The largest absolute Gasteiger partial charge is 0.496 e. The van der Waals surface area contributed by atoms with E-state index in [-0.39, 0.29) is 0 Å².